The molecule has 5 heteroatoms. The Morgan fingerprint density at radius 1 is 1.32 bits per heavy atom. The quantitative estimate of drug-likeness (QED) is 0.794. The van der Waals surface area contributed by atoms with Crippen molar-refractivity contribution in [1.29, 1.82) is 0 Å². The largest absolute Gasteiger partial charge is 0.304 e. The minimum atomic E-state index is 0.381. The molecule has 0 aromatic carbocycles. The summed E-state index contributed by atoms with van der Waals surface area (Å²) < 4.78 is 0. The average molecular weight is 283 g/mol. The fourth-order valence-corrected chi connectivity index (χ4v) is 2.61. The standard InChI is InChI=1S/C14H23ClN4/c1-10(2)12-8-13(15)17-14(16-12)7-11-9-18(3)5-6-19(11)4/h8,10-11H,5-7,9H2,1-4H3. The second-order valence-corrected chi connectivity index (χ2v) is 6.17. The average Bonchev–Trinajstić information content (AvgIpc) is 2.33. The van der Waals surface area contributed by atoms with Crippen molar-refractivity contribution >= 4 is 11.6 Å². The number of halogens is 1. The topological polar surface area (TPSA) is 32.3 Å². The molecule has 1 aliphatic rings. The summed E-state index contributed by atoms with van der Waals surface area (Å²) in [7, 11) is 4.34. The van der Waals surface area contributed by atoms with Crippen molar-refractivity contribution in [3.05, 3.63) is 22.7 Å². The summed E-state index contributed by atoms with van der Waals surface area (Å²) in [4.78, 5) is 13.8. The van der Waals surface area contributed by atoms with Gasteiger partial charge in [0.05, 0.1) is 0 Å². The van der Waals surface area contributed by atoms with Crippen molar-refractivity contribution in [1.82, 2.24) is 19.8 Å². The number of likely N-dealkylation sites (N-methyl/N-ethyl adjacent to an activating group) is 2. The molecule has 0 amide bonds. The van der Waals surface area contributed by atoms with Gasteiger partial charge in [0.25, 0.3) is 0 Å². The molecule has 2 rings (SSSR count). The van der Waals surface area contributed by atoms with Crippen molar-refractivity contribution in [2.45, 2.75) is 32.2 Å². The highest BCUT2D eigenvalue weighted by atomic mass is 35.5. The molecule has 4 nitrogen and oxygen atoms in total. The van der Waals surface area contributed by atoms with Crippen LogP contribution >= 0.6 is 11.6 Å². The minimum absolute atomic E-state index is 0.381. The summed E-state index contributed by atoms with van der Waals surface area (Å²) in [5.74, 6) is 1.24. The molecule has 1 saturated heterocycles. The molecule has 1 unspecified atom stereocenters. The van der Waals surface area contributed by atoms with Crippen LogP contribution in [0.5, 0.6) is 0 Å². The smallest absolute Gasteiger partial charge is 0.133 e. The van der Waals surface area contributed by atoms with Gasteiger partial charge in [-0.05, 0) is 26.1 Å². The molecule has 1 fully saturated rings. The Bertz CT molecular complexity index is 435. The van der Waals surface area contributed by atoms with Crippen molar-refractivity contribution in [3.8, 4) is 0 Å². The molecule has 0 N–H and O–H groups in total. The minimum Gasteiger partial charge on any atom is -0.304 e. The second-order valence-electron chi connectivity index (χ2n) is 5.79. The van der Waals surface area contributed by atoms with Gasteiger partial charge in [-0.25, -0.2) is 9.97 Å². The first-order chi connectivity index (χ1) is 8.95. The molecule has 1 aromatic heterocycles. The number of nitrogens with zero attached hydrogens (tertiary/aromatic N) is 4. The number of piperazine rings is 1. The van der Waals surface area contributed by atoms with Crippen LogP contribution in [0.15, 0.2) is 6.07 Å². The normalized spacial score (nSPS) is 22.1. The van der Waals surface area contributed by atoms with Crippen LogP contribution in [0.25, 0.3) is 0 Å². The Balaban J connectivity index is 2.13. The summed E-state index contributed by atoms with van der Waals surface area (Å²) in [5, 5.41) is 0.556. The lowest BCUT2D eigenvalue weighted by atomic mass is 10.1. The summed E-state index contributed by atoms with van der Waals surface area (Å²) in [5.41, 5.74) is 1.03. The summed E-state index contributed by atoms with van der Waals surface area (Å²) in [6.45, 7) is 7.54. The van der Waals surface area contributed by atoms with E-state index in [4.69, 9.17) is 11.6 Å². The number of aromatic nitrogens is 2. The Labute approximate surface area is 120 Å². The zero-order valence-electron chi connectivity index (χ0n) is 12.2. The van der Waals surface area contributed by atoms with Crippen LogP contribution in [-0.2, 0) is 6.42 Å². The third kappa shape index (κ3) is 3.88. The van der Waals surface area contributed by atoms with Crippen molar-refractivity contribution in [3.63, 3.8) is 0 Å². The lowest BCUT2D eigenvalue weighted by molar-refractivity contribution is 0.113. The van der Waals surface area contributed by atoms with E-state index in [9.17, 15) is 0 Å². The Kier molecular flexibility index (Phi) is 4.76. The highest BCUT2D eigenvalue weighted by Crippen LogP contribution is 2.17. The highest BCUT2D eigenvalue weighted by molar-refractivity contribution is 6.29. The molecular weight excluding hydrogens is 260 g/mol. The Morgan fingerprint density at radius 3 is 2.74 bits per heavy atom. The van der Waals surface area contributed by atoms with Gasteiger partial charge in [-0.3, -0.25) is 0 Å². The van der Waals surface area contributed by atoms with Crippen LogP contribution in [0.4, 0.5) is 0 Å². The van der Waals surface area contributed by atoms with Crippen molar-refractivity contribution < 1.29 is 0 Å². The molecule has 19 heavy (non-hydrogen) atoms. The number of rotatable bonds is 3. The maximum absolute atomic E-state index is 6.10. The third-order valence-corrected chi connectivity index (χ3v) is 3.94. The lowest BCUT2D eigenvalue weighted by Gasteiger charge is -2.37. The lowest BCUT2D eigenvalue weighted by Crippen LogP contribution is -2.51. The van der Waals surface area contributed by atoms with Crippen LogP contribution in [-0.4, -0.2) is 59.5 Å². The zero-order valence-corrected chi connectivity index (χ0v) is 13.0. The van der Waals surface area contributed by atoms with Crippen LogP contribution in [0.1, 0.15) is 31.3 Å². The van der Waals surface area contributed by atoms with Gasteiger partial charge < -0.3 is 9.80 Å². The molecule has 1 atom stereocenters. The Hall–Kier alpha value is -0.710. The molecular formula is C14H23ClN4. The fourth-order valence-electron chi connectivity index (χ4n) is 2.40. The number of hydrogen-bond donors (Lipinski definition) is 0. The maximum Gasteiger partial charge on any atom is 0.133 e. The molecule has 1 aliphatic heterocycles. The van der Waals surface area contributed by atoms with Gasteiger partial charge >= 0.3 is 0 Å². The van der Waals surface area contributed by atoms with E-state index in [1.54, 1.807) is 0 Å². The van der Waals surface area contributed by atoms with Gasteiger partial charge in [-0.2, -0.15) is 0 Å². The maximum atomic E-state index is 6.10. The predicted molar refractivity (Wildman–Crippen MR) is 78.8 cm³/mol. The monoisotopic (exact) mass is 282 g/mol. The molecule has 0 saturated carbocycles. The SMILES string of the molecule is CC(C)c1cc(Cl)nc(CC2CN(C)CCN2C)n1. The molecule has 1 aromatic rings. The van der Waals surface area contributed by atoms with E-state index < -0.39 is 0 Å². The van der Waals surface area contributed by atoms with Gasteiger partial charge in [0.1, 0.15) is 11.0 Å². The van der Waals surface area contributed by atoms with Crippen LogP contribution in [0.3, 0.4) is 0 Å². The first kappa shape index (κ1) is 14.7. The molecule has 0 radical (unpaired) electrons. The van der Waals surface area contributed by atoms with E-state index in [-0.39, 0.29) is 0 Å². The van der Waals surface area contributed by atoms with Gasteiger partial charge in [0, 0.05) is 37.8 Å². The van der Waals surface area contributed by atoms with E-state index in [0.29, 0.717) is 17.1 Å². The number of hydrogen-bond acceptors (Lipinski definition) is 4. The van der Waals surface area contributed by atoms with E-state index in [0.717, 1.165) is 37.6 Å². The predicted octanol–water partition coefficient (Wildman–Crippen LogP) is 2.04. The molecule has 2 heterocycles. The van der Waals surface area contributed by atoms with E-state index >= 15 is 0 Å². The molecule has 0 spiro atoms. The van der Waals surface area contributed by atoms with E-state index in [2.05, 4.69) is 47.7 Å². The zero-order chi connectivity index (χ0) is 14.0. The summed E-state index contributed by atoms with van der Waals surface area (Å²) in [6, 6.07) is 2.34. The van der Waals surface area contributed by atoms with Crippen LogP contribution < -0.4 is 0 Å². The van der Waals surface area contributed by atoms with Gasteiger partial charge in [-0.15, -0.1) is 0 Å². The van der Waals surface area contributed by atoms with E-state index in [1.807, 2.05) is 6.07 Å². The first-order valence-corrected chi connectivity index (χ1v) is 7.25. The van der Waals surface area contributed by atoms with E-state index in [1.165, 1.54) is 0 Å². The van der Waals surface area contributed by atoms with Gasteiger partial charge in [0.2, 0.25) is 0 Å². The van der Waals surface area contributed by atoms with Crippen molar-refractivity contribution in [2.75, 3.05) is 33.7 Å². The fraction of sp³-hybridized carbons (Fsp3) is 0.714. The van der Waals surface area contributed by atoms with Gasteiger partial charge in [-0.1, -0.05) is 25.4 Å². The van der Waals surface area contributed by atoms with Gasteiger partial charge in [0.15, 0.2) is 0 Å². The highest BCUT2D eigenvalue weighted by Gasteiger charge is 2.23. The Morgan fingerprint density at radius 2 is 2.05 bits per heavy atom. The van der Waals surface area contributed by atoms with Crippen LogP contribution in [0.2, 0.25) is 5.15 Å². The van der Waals surface area contributed by atoms with Crippen molar-refractivity contribution in [2.24, 2.45) is 0 Å². The van der Waals surface area contributed by atoms with Crippen LogP contribution in [0, 0.1) is 0 Å². The first-order valence-electron chi connectivity index (χ1n) is 6.88. The molecule has 0 aliphatic carbocycles. The summed E-state index contributed by atoms with van der Waals surface area (Å²) >= 11 is 6.10. The second kappa shape index (κ2) is 6.16. The summed E-state index contributed by atoms with van der Waals surface area (Å²) in [6.07, 6.45) is 0.862. The third-order valence-electron chi connectivity index (χ3n) is 3.75. The molecule has 106 valence electrons. The molecule has 0 bridgehead atoms.